The molecule has 0 spiro atoms. The first-order valence-electron chi connectivity index (χ1n) is 6.34. The summed E-state index contributed by atoms with van der Waals surface area (Å²) in [7, 11) is -2.97. The van der Waals surface area contributed by atoms with Crippen molar-refractivity contribution < 1.29 is 8.42 Å². The van der Waals surface area contributed by atoms with Crippen molar-refractivity contribution in [2.45, 2.75) is 44.9 Å². The Kier molecular flexibility index (Phi) is 5.35. The van der Waals surface area contributed by atoms with Crippen LogP contribution in [-0.2, 0) is 16.3 Å². The fourth-order valence-corrected chi connectivity index (χ4v) is 2.90. The van der Waals surface area contributed by atoms with Crippen LogP contribution in [0.25, 0.3) is 0 Å². The lowest BCUT2D eigenvalue weighted by atomic mass is 10.0. The zero-order chi connectivity index (χ0) is 13.8. The Labute approximate surface area is 110 Å². The highest BCUT2D eigenvalue weighted by atomic mass is 32.2. The largest absolute Gasteiger partial charge is 0.327 e. The molecule has 1 aromatic rings. The minimum absolute atomic E-state index is 0.0969. The van der Waals surface area contributed by atoms with Crippen LogP contribution in [0.1, 0.15) is 31.4 Å². The highest BCUT2D eigenvalue weighted by molar-refractivity contribution is 7.91. The SMILES string of the molecule is Cc1cccc(CC(N)CCS(=O)(=O)C(C)C)c1. The summed E-state index contributed by atoms with van der Waals surface area (Å²) in [5.41, 5.74) is 8.37. The Morgan fingerprint density at radius 3 is 2.50 bits per heavy atom. The summed E-state index contributed by atoms with van der Waals surface area (Å²) in [5.74, 6) is 0.178. The molecule has 1 aromatic carbocycles. The summed E-state index contributed by atoms with van der Waals surface area (Å²) in [5, 5.41) is -0.316. The van der Waals surface area contributed by atoms with Crippen LogP contribution in [0.2, 0.25) is 0 Å². The van der Waals surface area contributed by atoms with Gasteiger partial charge >= 0.3 is 0 Å². The number of hydrogen-bond acceptors (Lipinski definition) is 3. The van der Waals surface area contributed by atoms with Gasteiger partial charge in [-0.1, -0.05) is 29.8 Å². The van der Waals surface area contributed by atoms with E-state index in [-0.39, 0.29) is 17.0 Å². The third-order valence-electron chi connectivity index (χ3n) is 3.07. The van der Waals surface area contributed by atoms with Crippen molar-refractivity contribution >= 4 is 9.84 Å². The first-order valence-corrected chi connectivity index (χ1v) is 8.05. The second kappa shape index (κ2) is 6.34. The fraction of sp³-hybridized carbons (Fsp3) is 0.571. The lowest BCUT2D eigenvalue weighted by Crippen LogP contribution is -2.28. The summed E-state index contributed by atoms with van der Waals surface area (Å²) >= 11 is 0. The highest BCUT2D eigenvalue weighted by Crippen LogP contribution is 2.10. The van der Waals surface area contributed by atoms with Crippen molar-refractivity contribution in [3.05, 3.63) is 35.4 Å². The summed E-state index contributed by atoms with van der Waals surface area (Å²) in [6.07, 6.45) is 1.25. The average molecular weight is 269 g/mol. The van der Waals surface area contributed by atoms with Crippen LogP contribution in [0.15, 0.2) is 24.3 Å². The van der Waals surface area contributed by atoms with Crippen LogP contribution < -0.4 is 5.73 Å². The van der Waals surface area contributed by atoms with Crippen molar-refractivity contribution in [1.82, 2.24) is 0 Å². The molecular formula is C14H23NO2S. The highest BCUT2D eigenvalue weighted by Gasteiger charge is 2.17. The van der Waals surface area contributed by atoms with Crippen LogP contribution in [0.4, 0.5) is 0 Å². The molecule has 0 radical (unpaired) electrons. The molecule has 0 bridgehead atoms. The molecule has 3 nitrogen and oxygen atoms in total. The van der Waals surface area contributed by atoms with Crippen LogP contribution in [0, 0.1) is 6.92 Å². The molecule has 1 atom stereocenters. The van der Waals surface area contributed by atoms with Crippen LogP contribution in [0.5, 0.6) is 0 Å². The Morgan fingerprint density at radius 2 is 1.94 bits per heavy atom. The van der Waals surface area contributed by atoms with Crippen molar-refractivity contribution in [2.24, 2.45) is 5.73 Å². The molecule has 0 heterocycles. The maximum atomic E-state index is 11.7. The molecule has 1 rings (SSSR count). The summed E-state index contributed by atoms with van der Waals surface area (Å²) in [6.45, 7) is 5.46. The molecule has 102 valence electrons. The van der Waals surface area contributed by atoms with E-state index in [1.54, 1.807) is 13.8 Å². The summed E-state index contributed by atoms with van der Waals surface area (Å²) < 4.78 is 23.4. The van der Waals surface area contributed by atoms with Crippen LogP contribution >= 0.6 is 0 Å². The Balaban J connectivity index is 2.50. The third kappa shape index (κ3) is 4.78. The second-order valence-corrected chi connectivity index (χ2v) is 7.83. The molecule has 0 aromatic heterocycles. The van der Waals surface area contributed by atoms with Gasteiger partial charge in [-0.05, 0) is 39.2 Å². The molecule has 2 N–H and O–H groups in total. The summed E-state index contributed by atoms with van der Waals surface area (Å²) in [6, 6.07) is 8.07. The predicted octanol–water partition coefficient (Wildman–Crippen LogP) is 2.08. The van der Waals surface area contributed by atoms with Crippen molar-refractivity contribution in [3.8, 4) is 0 Å². The van der Waals surface area contributed by atoms with E-state index in [9.17, 15) is 8.42 Å². The van der Waals surface area contributed by atoms with Crippen molar-refractivity contribution in [1.29, 1.82) is 0 Å². The van der Waals surface area contributed by atoms with Crippen LogP contribution in [0.3, 0.4) is 0 Å². The summed E-state index contributed by atoms with van der Waals surface area (Å²) in [4.78, 5) is 0. The minimum Gasteiger partial charge on any atom is -0.327 e. The van der Waals surface area contributed by atoms with Crippen LogP contribution in [-0.4, -0.2) is 25.5 Å². The molecule has 0 saturated heterocycles. The zero-order valence-electron chi connectivity index (χ0n) is 11.4. The molecular weight excluding hydrogens is 246 g/mol. The van der Waals surface area contributed by atoms with E-state index in [0.29, 0.717) is 6.42 Å². The molecule has 0 aliphatic heterocycles. The van der Waals surface area contributed by atoms with Gasteiger partial charge in [0.2, 0.25) is 0 Å². The predicted molar refractivity (Wildman–Crippen MR) is 76.4 cm³/mol. The first kappa shape index (κ1) is 15.2. The fourth-order valence-electron chi connectivity index (χ4n) is 1.80. The van der Waals surface area contributed by atoms with E-state index < -0.39 is 9.84 Å². The van der Waals surface area contributed by atoms with Gasteiger partial charge in [0.05, 0.1) is 11.0 Å². The van der Waals surface area contributed by atoms with Gasteiger partial charge in [-0.25, -0.2) is 8.42 Å². The van der Waals surface area contributed by atoms with Gasteiger partial charge < -0.3 is 5.73 Å². The lowest BCUT2D eigenvalue weighted by molar-refractivity contribution is 0.573. The second-order valence-electron chi connectivity index (χ2n) is 5.16. The van der Waals surface area contributed by atoms with Crippen molar-refractivity contribution in [3.63, 3.8) is 0 Å². The number of benzene rings is 1. The number of nitrogens with two attached hydrogens (primary N) is 1. The Bertz CT molecular complexity index is 480. The van der Waals surface area contributed by atoms with Gasteiger partial charge in [0.1, 0.15) is 0 Å². The topological polar surface area (TPSA) is 60.2 Å². The lowest BCUT2D eigenvalue weighted by Gasteiger charge is -2.13. The van der Waals surface area contributed by atoms with E-state index in [1.165, 1.54) is 11.1 Å². The maximum Gasteiger partial charge on any atom is 0.152 e. The first-order chi connectivity index (χ1) is 8.31. The number of sulfone groups is 1. The number of hydrogen-bond donors (Lipinski definition) is 1. The molecule has 18 heavy (non-hydrogen) atoms. The number of rotatable bonds is 6. The smallest absolute Gasteiger partial charge is 0.152 e. The minimum atomic E-state index is -2.97. The van der Waals surface area contributed by atoms with E-state index in [1.807, 2.05) is 25.1 Å². The van der Waals surface area contributed by atoms with Gasteiger partial charge in [0.15, 0.2) is 9.84 Å². The van der Waals surface area contributed by atoms with Gasteiger partial charge in [0, 0.05) is 6.04 Å². The molecule has 1 unspecified atom stereocenters. The quantitative estimate of drug-likeness (QED) is 0.860. The number of aryl methyl sites for hydroxylation is 1. The molecule has 0 amide bonds. The maximum absolute atomic E-state index is 11.7. The monoisotopic (exact) mass is 269 g/mol. The Hall–Kier alpha value is -0.870. The molecule has 0 fully saturated rings. The standard InChI is InChI=1S/C14H23NO2S/c1-11(2)18(16,17)8-7-14(15)10-13-6-4-5-12(3)9-13/h4-6,9,11,14H,7-8,10,15H2,1-3H3. The van der Waals surface area contributed by atoms with Gasteiger partial charge in [-0.2, -0.15) is 0 Å². The molecule has 4 heteroatoms. The van der Waals surface area contributed by atoms with E-state index >= 15 is 0 Å². The molecule has 0 saturated carbocycles. The van der Waals surface area contributed by atoms with Gasteiger partial charge in [0.25, 0.3) is 0 Å². The van der Waals surface area contributed by atoms with E-state index in [0.717, 1.165) is 6.42 Å². The zero-order valence-corrected chi connectivity index (χ0v) is 12.2. The van der Waals surface area contributed by atoms with Crippen molar-refractivity contribution in [2.75, 3.05) is 5.75 Å². The Morgan fingerprint density at radius 1 is 1.28 bits per heavy atom. The average Bonchev–Trinajstić information content (AvgIpc) is 2.26. The normalized spacial score (nSPS) is 13.8. The molecule has 0 aliphatic rings. The molecule has 0 aliphatic carbocycles. The van der Waals surface area contributed by atoms with Gasteiger partial charge in [-0.15, -0.1) is 0 Å². The van der Waals surface area contributed by atoms with E-state index in [4.69, 9.17) is 5.73 Å². The third-order valence-corrected chi connectivity index (χ3v) is 5.31. The van der Waals surface area contributed by atoms with Gasteiger partial charge in [-0.3, -0.25) is 0 Å². The van der Waals surface area contributed by atoms with E-state index in [2.05, 4.69) is 6.07 Å².